The number of nitriles is 3. The Bertz CT molecular complexity index is 980. The molecule has 30 heavy (non-hydrogen) atoms. The molecule has 2 unspecified atom stereocenters. The van der Waals surface area contributed by atoms with Gasteiger partial charge in [0, 0.05) is 11.8 Å². The molecule has 0 amide bonds. The molecule has 2 aliphatic rings. The number of benzene rings is 1. The molecule has 1 heterocycles. The zero-order valence-corrected chi connectivity index (χ0v) is 17.5. The van der Waals surface area contributed by atoms with E-state index in [2.05, 4.69) is 25.1 Å². The average molecular weight is 404 g/mol. The predicted octanol–water partition coefficient (Wildman–Crippen LogP) is 1.85. The summed E-state index contributed by atoms with van der Waals surface area (Å²) in [5, 5.41) is 38.8. The van der Waals surface area contributed by atoms with Crippen LogP contribution >= 0.6 is 0 Å². The molecule has 7 nitrogen and oxygen atoms in total. The van der Waals surface area contributed by atoms with Crippen LogP contribution in [0.25, 0.3) is 0 Å². The SMILES string of the molecule is CCC[NH+]1CC=C2C(C#N)C(=N)C(C#N)(C#N)[C@@H](c3ccc(OC)c(OC)c3)[C@H]2C1. The zero-order valence-electron chi connectivity index (χ0n) is 17.5. The molecule has 154 valence electrons. The number of rotatable bonds is 5. The fourth-order valence-corrected chi connectivity index (χ4v) is 4.94. The largest absolute Gasteiger partial charge is 0.493 e. The van der Waals surface area contributed by atoms with Crippen molar-refractivity contribution in [3.8, 4) is 29.7 Å². The summed E-state index contributed by atoms with van der Waals surface area (Å²) in [5.74, 6) is -0.528. The smallest absolute Gasteiger partial charge is 0.189 e. The van der Waals surface area contributed by atoms with Crippen molar-refractivity contribution in [2.45, 2.75) is 19.3 Å². The second-order valence-electron chi connectivity index (χ2n) is 7.82. The van der Waals surface area contributed by atoms with Crippen LogP contribution in [0.3, 0.4) is 0 Å². The lowest BCUT2D eigenvalue weighted by molar-refractivity contribution is -0.899. The number of quaternary nitrogens is 1. The highest BCUT2D eigenvalue weighted by molar-refractivity contribution is 6.00. The maximum atomic E-state index is 10.1. The molecule has 0 radical (unpaired) electrons. The van der Waals surface area contributed by atoms with Gasteiger partial charge in [0.1, 0.15) is 5.92 Å². The molecule has 1 aliphatic heterocycles. The highest BCUT2D eigenvalue weighted by Crippen LogP contribution is 2.53. The van der Waals surface area contributed by atoms with Gasteiger partial charge in [-0.1, -0.05) is 13.0 Å². The Morgan fingerprint density at radius 2 is 1.87 bits per heavy atom. The monoisotopic (exact) mass is 404 g/mol. The summed E-state index contributed by atoms with van der Waals surface area (Å²) < 4.78 is 10.8. The van der Waals surface area contributed by atoms with E-state index in [0.717, 1.165) is 37.2 Å². The number of ether oxygens (including phenoxy) is 2. The number of hydrogen-bond donors (Lipinski definition) is 2. The Morgan fingerprint density at radius 1 is 1.17 bits per heavy atom. The lowest BCUT2D eigenvalue weighted by atomic mass is 9.54. The second kappa shape index (κ2) is 8.57. The van der Waals surface area contributed by atoms with Gasteiger partial charge in [0.05, 0.1) is 57.8 Å². The van der Waals surface area contributed by atoms with Crippen LogP contribution in [0, 0.1) is 56.7 Å². The summed E-state index contributed by atoms with van der Waals surface area (Å²) in [6.07, 6.45) is 3.07. The van der Waals surface area contributed by atoms with Crippen molar-refractivity contribution < 1.29 is 14.4 Å². The summed E-state index contributed by atoms with van der Waals surface area (Å²) in [6.45, 7) is 4.60. The third-order valence-electron chi connectivity index (χ3n) is 6.33. The first-order chi connectivity index (χ1) is 14.5. The van der Waals surface area contributed by atoms with E-state index in [9.17, 15) is 15.8 Å². The van der Waals surface area contributed by atoms with Crippen molar-refractivity contribution in [2.24, 2.45) is 17.3 Å². The molecule has 1 aliphatic carbocycles. The quantitative estimate of drug-likeness (QED) is 0.726. The van der Waals surface area contributed by atoms with E-state index in [1.807, 2.05) is 12.1 Å². The molecule has 2 N–H and O–H groups in total. The van der Waals surface area contributed by atoms with Gasteiger partial charge in [-0.2, -0.15) is 15.8 Å². The van der Waals surface area contributed by atoms with Gasteiger partial charge in [0.15, 0.2) is 16.9 Å². The van der Waals surface area contributed by atoms with Gasteiger partial charge in [0.25, 0.3) is 0 Å². The molecule has 7 heteroatoms. The molecule has 1 aromatic carbocycles. The van der Waals surface area contributed by atoms with Gasteiger partial charge in [0.2, 0.25) is 0 Å². The minimum Gasteiger partial charge on any atom is -0.493 e. The van der Waals surface area contributed by atoms with Crippen LogP contribution in [0.2, 0.25) is 0 Å². The van der Waals surface area contributed by atoms with Crippen LogP contribution in [0.1, 0.15) is 24.8 Å². The molecule has 3 rings (SSSR count). The van der Waals surface area contributed by atoms with Gasteiger partial charge in [-0.15, -0.1) is 0 Å². The summed E-state index contributed by atoms with van der Waals surface area (Å²) in [5.41, 5.74) is -0.235. The van der Waals surface area contributed by atoms with Crippen LogP contribution in [0.5, 0.6) is 11.5 Å². The van der Waals surface area contributed by atoms with Crippen molar-refractivity contribution in [2.75, 3.05) is 33.9 Å². The third-order valence-corrected chi connectivity index (χ3v) is 6.33. The van der Waals surface area contributed by atoms with Gasteiger partial charge in [-0.3, -0.25) is 0 Å². The first-order valence-corrected chi connectivity index (χ1v) is 10.1. The number of fused-ring (bicyclic) bond motifs is 1. The molecule has 0 bridgehead atoms. The van der Waals surface area contributed by atoms with Gasteiger partial charge in [-0.25, -0.2) is 0 Å². The normalized spacial score (nSPS) is 26.9. The van der Waals surface area contributed by atoms with Gasteiger partial charge in [-0.05, 0) is 35.8 Å². The van der Waals surface area contributed by atoms with E-state index >= 15 is 0 Å². The first kappa shape index (κ1) is 21.4. The Balaban J connectivity index is 2.23. The van der Waals surface area contributed by atoms with Crippen molar-refractivity contribution >= 4 is 5.71 Å². The van der Waals surface area contributed by atoms with Gasteiger partial charge >= 0.3 is 0 Å². The number of methoxy groups -OCH3 is 2. The van der Waals surface area contributed by atoms with Crippen LogP contribution in [-0.2, 0) is 0 Å². The predicted molar refractivity (Wildman–Crippen MR) is 110 cm³/mol. The van der Waals surface area contributed by atoms with E-state index in [1.165, 1.54) is 12.0 Å². The molecule has 0 aromatic heterocycles. The molecular formula is C23H26N5O2+. The van der Waals surface area contributed by atoms with Gasteiger partial charge < -0.3 is 19.8 Å². The van der Waals surface area contributed by atoms with Crippen LogP contribution in [0.15, 0.2) is 29.8 Å². The molecule has 4 atom stereocenters. The summed E-state index contributed by atoms with van der Waals surface area (Å²) in [7, 11) is 3.09. The van der Waals surface area contributed by atoms with Crippen molar-refractivity contribution in [3.63, 3.8) is 0 Å². The number of hydrogen-bond acceptors (Lipinski definition) is 6. The Kier molecular flexibility index (Phi) is 6.11. The maximum absolute atomic E-state index is 10.1. The molecular weight excluding hydrogens is 378 g/mol. The highest BCUT2D eigenvalue weighted by atomic mass is 16.5. The summed E-state index contributed by atoms with van der Waals surface area (Å²) >= 11 is 0. The fraction of sp³-hybridized carbons (Fsp3) is 0.478. The molecule has 1 saturated carbocycles. The zero-order chi connectivity index (χ0) is 21.9. The Morgan fingerprint density at radius 3 is 2.43 bits per heavy atom. The lowest BCUT2D eigenvalue weighted by Crippen LogP contribution is -3.13. The number of nitrogens with zero attached hydrogens (tertiary/aromatic N) is 3. The Labute approximate surface area is 177 Å². The summed E-state index contributed by atoms with van der Waals surface area (Å²) in [6, 6.07) is 11.8. The third kappa shape index (κ3) is 3.20. The van der Waals surface area contributed by atoms with Crippen LogP contribution < -0.4 is 14.4 Å². The Hall–Kier alpha value is -3.34. The average Bonchev–Trinajstić information content (AvgIpc) is 2.78. The molecule has 1 aromatic rings. The van der Waals surface area contributed by atoms with E-state index < -0.39 is 17.3 Å². The fourth-order valence-electron chi connectivity index (χ4n) is 4.94. The minimum atomic E-state index is -1.71. The molecule has 1 fully saturated rings. The topological polar surface area (TPSA) is 118 Å². The van der Waals surface area contributed by atoms with E-state index in [1.54, 1.807) is 19.2 Å². The van der Waals surface area contributed by atoms with Crippen molar-refractivity contribution in [3.05, 3.63) is 35.4 Å². The highest BCUT2D eigenvalue weighted by Gasteiger charge is 2.58. The maximum Gasteiger partial charge on any atom is 0.189 e. The van der Waals surface area contributed by atoms with E-state index in [0.29, 0.717) is 11.5 Å². The second-order valence-corrected chi connectivity index (χ2v) is 7.82. The lowest BCUT2D eigenvalue weighted by Gasteiger charge is -2.46. The standard InChI is InChI=1S/C23H25N5O2/c1-4-8-28-9-7-16-17(11-24)22(27)23(13-25,14-26)21(18(16)12-28)15-5-6-19(29-2)20(10-15)30-3/h5-7,10,17-18,21,27H,4,8-9,12H2,1-3H3/p+1/t17?,18-,21-/m0/s1. The van der Waals surface area contributed by atoms with E-state index in [4.69, 9.17) is 14.9 Å². The minimum absolute atomic E-state index is 0.128. The molecule has 0 spiro atoms. The van der Waals surface area contributed by atoms with Crippen LogP contribution in [-0.4, -0.2) is 39.6 Å². The number of nitrogens with one attached hydrogen (secondary N) is 2. The van der Waals surface area contributed by atoms with Crippen molar-refractivity contribution in [1.29, 1.82) is 21.2 Å². The summed E-state index contributed by atoms with van der Waals surface area (Å²) in [4.78, 5) is 1.35. The van der Waals surface area contributed by atoms with Crippen molar-refractivity contribution in [1.82, 2.24) is 0 Å². The first-order valence-electron chi connectivity index (χ1n) is 10.1. The van der Waals surface area contributed by atoms with E-state index in [-0.39, 0.29) is 11.6 Å². The van der Waals surface area contributed by atoms with Crippen LogP contribution in [0.4, 0.5) is 0 Å². The molecule has 0 saturated heterocycles.